The number of anilines is 3. The molecule has 0 saturated carbocycles. The van der Waals surface area contributed by atoms with Crippen molar-refractivity contribution < 1.29 is 21.9 Å². The van der Waals surface area contributed by atoms with E-state index in [1.54, 1.807) is 25.3 Å². The highest BCUT2D eigenvalue weighted by atomic mass is 32.2. The van der Waals surface area contributed by atoms with Gasteiger partial charge in [-0.15, -0.1) is 0 Å². The van der Waals surface area contributed by atoms with E-state index in [0.29, 0.717) is 29.0 Å². The van der Waals surface area contributed by atoms with Crippen LogP contribution in [0.5, 0.6) is 5.75 Å². The van der Waals surface area contributed by atoms with E-state index in [-0.39, 0.29) is 5.69 Å². The van der Waals surface area contributed by atoms with Crippen molar-refractivity contribution in [1.82, 2.24) is 9.97 Å². The largest absolute Gasteiger partial charge is 0.497 e. The third-order valence-corrected chi connectivity index (χ3v) is 6.04. The molecule has 0 aliphatic rings. The molecule has 0 radical (unpaired) electrons. The Hall–Kier alpha value is -4.05. The maximum absolute atomic E-state index is 13.9. The number of sulfonamides is 1. The smallest absolute Gasteiger partial charge is 0.264 e. The summed E-state index contributed by atoms with van der Waals surface area (Å²) in [7, 11) is -2.63. The molecule has 0 aliphatic carbocycles. The lowest BCUT2D eigenvalue weighted by Crippen LogP contribution is -2.14. The van der Waals surface area contributed by atoms with Gasteiger partial charge in [-0.2, -0.15) is 0 Å². The molecular weight excluding hydrogens is 450 g/mol. The topological polar surface area (TPSA) is 93.2 Å². The molecule has 0 aliphatic heterocycles. The number of methoxy groups -OCH3 is 1. The number of hydrogen-bond donors (Lipinski definition) is 2. The summed E-state index contributed by atoms with van der Waals surface area (Å²) >= 11 is 0. The van der Waals surface area contributed by atoms with Crippen LogP contribution in [0.25, 0.3) is 11.3 Å². The molecule has 0 saturated heterocycles. The van der Waals surface area contributed by atoms with Gasteiger partial charge in [0.1, 0.15) is 34.4 Å². The molecule has 33 heavy (non-hydrogen) atoms. The van der Waals surface area contributed by atoms with E-state index in [1.807, 2.05) is 24.3 Å². The summed E-state index contributed by atoms with van der Waals surface area (Å²) in [6, 6.07) is 17.8. The Morgan fingerprint density at radius 2 is 1.64 bits per heavy atom. The second-order valence-corrected chi connectivity index (χ2v) is 8.55. The highest BCUT2D eigenvalue weighted by Gasteiger charge is 2.19. The van der Waals surface area contributed by atoms with E-state index in [0.717, 1.165) is 17.7 Å². The average molecular weight is 468 g/mol. The van der Waals surface area contributed by atoms with Gasteiger partial charge in [0, 0.05) is 29.1 Å². The van der Waals surface area contributed by atoms with Crippen molar-refractivity contribution in [1.29, 1.82) is 0 Å². The fraction of sp³-hybridized carbons (Fsp3) is 0.0435. The molecule has 2 N–H and O–H groups in total. The van der Waals surface area contributed by atoms with Crippen LogP contribution in [0.4, 0.5) is 26.0 Å². The van der Waals surface area contributed by atoms with Crippen LogP contribution in [0.2, 0.25) is 0 Å². The summed E-state index contributed by atoms with van der Waals surface area (Å²) in [5.74, 6) is -0.790. The first-order valence-corrected chi connectivity index (χ1v) is 11.1. The molecule has 4 rings (SSSR count). The SMILES string of the molecule is COc1cccc(-c2cc(Nc3ccc(NS(=O)(=O)c4ccc(F)cc4F)cc3)ncn2)c1. The van der Waals surface area contributed by atoms with Crippen LogP contribution in [0.3, 0.4) is 0 Å². The fourth-order valence-electron chi connectivity index (χ4n) is 3.04. The second-order valence-electron chi connectivity index (χ2n) is 6.90. The van der Waals surface area contributed by atoms with Crippen LogP contribution >= 0.6 is 0 Å². The van der Waals surface area contributed by atoms with E-state index < -0.39 is 26.6 Å². The fourth-order valence-corrected chi connectivity index (χ4v) is 4.16. The summed E-state index contributed by atoms with van der Waals surface area (Å²) in [5, 5.41) is 3.12. The second kappa shape index (κ2) is 9.21. The predicted molar refractivity (Wildman–Crippen MR) is 121 cm³/mol. The van der Waals surface area contributed by atoms with Crippen molar-refractivity contribution in [2.45, 2.75) is 4.90 Å². The molecule has 10 heteroatoms. The van der Waals surface area contributed by atoms with Crippen LogP contribution in [0.15, 0.2) is 84.0 Å². The molecular formula is C23H18F2N4O3S. The van der Waals surface area contributed by atoms with Crippen molar-refractivity contribution >= 4 is 27.2 Å². The van der Waals surface area contributed by atoms with Gasteiger partial charge in [0.15, 0.2) is 0 Å². The van der Waals surface area contributed by atoms with Gasteiger partial charge in [0.05, 0.1) is 12.8 Å². The maximum atomic E-state index is 13.9. The standard InChI is InChI=1S/C23H18F2N4O3S/c1-32-19-4-2-3-15(11-19)21-13-23(27-14-26-21)28-17-6-8-18(9-7-17)29-33(30,31)22-10-5-16(24)12-20(22)25/h2-14,29H,1H3,(H,26,27,28). The summed E-state index contributed by atoms with van der Waals surface area (Å²) < 4.78 is 59.3. The number of ether oxygens (including phenoxy) is 1. The molecule has 4 aromatic rings. The van der Waals surface area contributed by atoms with Gasteiger partial charge in [-0.1, -0.05) is 12.1 Å². The molecule has 7 nitrogen and oxygen atoms in total. The van der Waals surface area contributed by atoms with Gasteiger partial charge >= 0.3 is 0 Å². The molecule has 0 spiro atoms. The molecule has 168 valence electrons. The number of halogens is 2. The van der Waals surface area contributed by atoms with E-state index >= 15 is 0 Å². The van der Waals surface area contributed by atoms with E-state index in [2.05, 4.69) is 20.0 Å². The zero-order valence-corrected chi connectivity index (χ0v) is 18.1. The number of nitrogens with zero attached hydrogens (tertiary/aromatic N) is 2. The number of rotatable bonds is 7. The van der Waals surface area contributed by atoms with Crippen molar-refractivity contribution in [2.75, 3.05) is 17.1 Å². The van der Waals surface area contributed by atoms with E-state index in [9.17, 15) is 17.2 Å². The molecule has 0 atom stereocenters. The monoisotopic (exact) mass is 468 g/mol. The molecule has 0 bridgehead atoms. The first kappa shape index (κ1) is 22.2. The molecule has 3 aromatic carbocycles. The summed E-state index contributed by atoms with van der Waals surface area (Å²) in [4.78, 5) is 7.85. The highest BCUT2D eigenvalue weighted by molar-refractivity contribution is 7.92. The van der Waals surface area contributed by atoms with Gasteiger partial charge in [0.25, 0.3) is 10.0 Å². The van der Waals surface area contributed by atoms with Crippen molar-refractivity contribution in [3.05, 3.63) is 90.8 Å². The van der Waals surface area contributed by atoms with Crippen LogP contribution in [0, 0.1) is 11.6 Å². The Bertz CT molecular complexity index is 1400. The molecule has 1 aromatic heterocycles. The molecule has 0 amide bonds. The van der Waals surface area contributed by atoms with Crippen molar-refractivity contribution in [3.8, 4) is 17.0 Å². The summed E-state index contributed by atoms with van der Waals surface area (Å²) in [5.41, 5.74) is 2.40. The van der Waals surface area contributed by atoms with Crippen molar-refractivity contribution in [2.24, 2.45) is 0 Å². The molecule has 1 heterocycles. The van der Waals surface area contributed by atoms with Crippen LogP contribution < -0.4 is 14.8 Å². The average Bonchev–Trinajstić information content (AvgIpc) is 2.80. The first-order valence-electron chi connectivity index (χ1n) is 9.65. The first-order chi connectivity index (χ1) is 15.8. The Morgan fingerprint density at radius 3 is 2.36 bits per heavy atom. The number of aromatic nitrogens is 2. The Labute approximate surface area is 189 Å². The lowest BCUT2D eigenvalue weighted by atomic mass is 10.1. The van der Waals surface area contributed by atoms with Crippen LogP contribution in [-0.4, -0.2) is 25.5 Å². The Kier molecular flexibility index (Phi) is 6.18. The molecule has 0 fully saturated rings. The minimum atomic E-state index is -4.22. The maximum Gasteiger partial charge on any atom is 0.264 e. The van der Waals surface area contributed by atoms with Gasteiger partial charge in [0.2, 0.25) is 0 Å². The third kappa shape index (κ3) is 5.24. The molecule has 0 unspecified atom stereocenters. The van der Waals surface area contributed by atoms with Crippen LogP contribution in [-0.2, 0) is 10.0 Å². The van der Waals surface area contributed by atoms with E-state index in [4.69, 9.17) is 4.74 Å². The Morgan fingerprint density at radius 1 is 0.879 bits per heavy atom. The van der Waals surface area contributed by atoms with Gasteiger partial charge in [-0.05, 0) is 48.5 Å². The lowest BCUT2D eigenvalue weighted by Gasteiger charge is -2.11. The Balaban J connectivity index is 1.49. The zero-order chi connectivity index (χ0) is 23.4. The van der Waals surface area contributed by atoms with Gasteiger partial charge < -0.3 is 10.1 Å². The number of benzene rings is 3. The highest BCUT2D eigenvalue weighted by Crippen LogP contribution is 2.25. The summed E-state index contributed by atoms with van der Waals surface area (Å²) in [6.07, 6.45) is 1.43. The minimum Gasteiger partial charge on any atom is -0.497 e. The lowest BCUT2D eigenvalue weighted by molar-refractivity contribution is 0.415. The minimum absolute atomic E-state index is 0.212. The predicted octanol–water partition coefficient (Wildman–Crippen LogP) is 4.97. The third-order valence-electron chi connectivity index (χ3n) is 4.63. The zero-order valence-electron chi connectivity index (χ0n) is 17.3. The quantitative estimate of drug-likeness (QED) is 0.398. The van der Waals surface area contributed by atoms with Gasteiger partial charge in [-0.25, -0.2) is 27.2 Å². The van der Waals surface area contributed by atoms with Gasteiger partial charge in [-0.3, -0.25) is 4.72 Å². The number of nitrogens with one attached hydrogen (secondary N) is 2. The summed E-state index contributed by atoms with van der Waals surface area (Å²) in [6.45, 7) is 0. The van der Waals surface area contributed by atoms with Crippen LogP contribution in [0.1, 0.15) is 0 Å². The normalized spacial score (nSPS) is 11.1. The number of hydrogen-bond acceptors (Lipinski definition) is 6. The van der Waals surface area contributed by atoms with E-state index in [1.165, 1.54) is 18.5 Å². The van der Waals surface area contributed by atoms with Crippen molar-refractivity contribution in [3.63, 3.8) is 0 Å².